The van der Waals surface area contributed by atoms with Crippen molar-refractivity contribution in [1.29, 1.82) is 0 Å². The highest BCUT2D eigenvalue weighted by molar-refractivity contribution is 5.81. The standard InChI is InChI=1S/C17H24F2N2O3/c1-11-3-5-12(6-4-11)21-16(22)10-20-13-7-8-14(23-2)15(9-13)24-17(18)19/h7-9,11-12,17,20H,3-6,10H2,1-2H3,(H,21,22). The van der Waals surface area contributed by atoms with Crippen LogP contribution in [-0.4, -0.2) is 32.2 Å². The lowest BCUT2D eigenvalue weighted by Crippen LogP contribution is -2.40. The summed E-state index contributed by atoms with van der Waals surface area (Å²) in [5.41, 5.74) is 0.513. The Labute approximate surface area is 140 Å². The van der Waals surface area contributed by atoms with Gasteiger partial charge in [-0.25, -0.2) is 0 Å². The van der Waals surface area contributed by atoms with Crippen LogP contribution in [0.4, 0.5) is 14.5 Å². The number of methoxy groups -OCH3 is 1. The van der Waals surface area contributed by atoms with Crippen LogP contribution in [-0.2, 0) is 4.79 Å². The van der Waals surface area contributed by atoms with Crippen molar-refractivity contribution in [2.75, 3.05) is 19.0 Å². The lowest BCUT2D eigenvalue weighted by Gasteiger charge is -2.27. The summed E-state index contributed by atoms with van der Waals surface area (Å²) in [4.78, 5) is 12.0. The van der Waals surface area contributed by atoms with Crippen LogP contribution in [0.15, 0.2) is 18.2 Å². The van der Waals surface area contributed by atoms with Crippen LogP contribution in [0, 0.1) is 5.92 Å². The SMILES string of the molecule is COc1ccc(NCC(=O)NC2CCC(C)CC2)cc1OC(F)F. The number of rotatable bonds is 7. The fraction of sp³-hybridized carbons (Fsp3) is 0.588. The molecule has 2 rings (SSSR count). The smallest absolute Gasteiger partial charge is 0.387 e. The first-order valence-electron chi connectivity index (χ1n) is 8.14. The van der Waals surface area contributed by atoms with Gasteiger partial charge in [-0.05, 0) is 43.7 Å². The van der Waals surface area contributed by atoms with Gasteiger partial charge >= 0.3 is 6.61 Å². The van der Waals surface area contributed by atoms with Gasteiger partial charge in [-0.15, -0.1) is 0 Å². The zero-order valence-corrected chi connectivity index (χ0v) is 14.0. The van der Waals surface area contributed by atoms with E-state index < -0.39 is 6.61 Å². The van der Waals surface area contributed by atoms with Gasteiger partial charge in [0.2, 0.25) is 5.91 Å². The second kappa shape index (κ2) is 8.70. The summed E-state index contributed by atoms with van der Waals surface area (Å²) >= 11 is 0. The summed E-state index contributed by atoms with van der Waals surface area (Å²) in [5, 5.41) is 5.92. The molecule has 0 aromatic heterocycles. The molecule has 0 spiro atoms. The van der Waals surface area contributed by atoms with Crippen LogP contribution in [0.25, 0.3) is 0 Å². The molecule has 134 valence electrons. The summed E-state index contributed by atoms with van der Waals surface area (Å²) in [5.74, 6) is 0.756. The number of carbonyl (C=O) groups excluding carboxylic acids is 1. The van der Waals surface area contributed by atoms with Crippen molar-refractivity contribution < 1.29 is 23.0 Å². The monoisotopic (exact) mass is 342 g/mol. The second-order valence-electron chi connectivity index (χ2n) is 6.12. The van der Waals surface area contributed by atoms with Crippen LogP contribution in [0.5, 0.6) is 11.5 Å². The third-order valence-electron chi connectivity index (χ3n) is 4.21. The number of carbonyl (C=O) groups is 1. The Morgan fingerprint density at radius 2 is 1.96 bits per heavy atom. The molecule has 24 heavy (non-hydrogen) atoms. The van der Waals surface area contributed by atoms with Crippen LogP contribution in [0.2, 0.25) is 0 Å². The van der Waals surface area contributed by atoms with E-state index in [1.54, 1.807) is 6.07 Å². The van der Waals surface area contributed by atoms with Crippen molar-refractivity contribution in [1.82, 2.24) is 5.32 Å². The number of hydrogen-bond donors (Lipinski definition) is 2. The van der Waals surface area contributed by atoms with Gasteiger partial charge in [0.05, 0.1) is 13.7 Å². The highest BCUT2D eigenvalue weighted by atomic mass is 19.3. The van der Waals surface area contributed by atoms with E-state index in [0.717, 1.165) is 31.6 Å². The van der Waals surface area contributed by atoms with Gasteiger partial charge in [0, 0.05) is 17.8 Å². The Bertz CT molecular complexity index is 547. The van der Waals surface area contributed by atoms with Crippen molar-refractivity contribution in [2.24, 2.45) is 5.92 Å². The summed E-state index contributed by atoms with van der Waals surface area (Å²) in [6.45, 7) is -0.638. The molecule has 1 amide bonds. The Morgan fingerprint density at radius 3 is 2.58 bits per heavy atom. The Balaban J connectivity index is 1.85. The maximum Gasteiger partial charge on any atom is 0.387 e. The number of alkyl halides is 2. The van der Waals surface area contributed by atoms with Crippen molar-refractivity contribution in [3.05, 3.63) is 18.2 Å². The molecule has 0 radical (unpaired) electrons. The van der Waals surface area contributed by atoms with Gasteiger partial charge in [-0.3, -0.25) is 4.79 Å². The molecule has 0 saturated heterocycles. The quantitative estimate of drug-likeness (QED) is 0.797. The first-order valence-corrected chi connectivity index (χ1v) is 8.14. The Morgan fingerprint density at radius 1 is 1.25 bits per heavy atom. The first kappa shape index (κ1) is 18.3. The van der Waals surface area contributed by atoms with E-state index in [9.17, 15) is 13.6 Å². The number of benzene rings is 1. The molecule has 1 aliphatic carbocycles. The highest BCUT2D eigenvalue weighted by Crippen LogP contribution is 2.31. The fourth-order valence-corrected chi connectivity index (χ4v) is 2.84. The maximum atomic E-state index is 12.4. The third-order valence-corrected chi connectivity index (χ3v) is 4.21. The van der Waals surface area contributed by atoms with Gasteiger partial charge in [0.1, 0.15) is 0 Å². The highest BCUT2D eigenvalue weighted by Gasteiger charge is 2.19. The predicted octanol–water partition coefficient (Wildman–Crippen LogP) is 3.40. The van der Waals surface area contributed by atoms with E-state index in [1.165, 1.54) is 19.2 Å². The molecular weight excluding hydrogens is 318 g/mol. The van der Waals surface area contributed by atoms with Crippen LogP contribution in [0.3, 0.4) is 0 Å². The number of halogens is 2. The molecule has 1 aromatic rings. The number of hydrogen-bond acceptors (Lipinski definition) is 4. The number of anilines is 1. The molecule has 7 heteroatoms. The molecule has 5 nitrogen and oxygen atoms in total. The average molecular weight is 342 g/mol. The van der Waals surface area contributed by atoms with Gasteiger partial charge in [-0.2, -0.15) is 8.78 Å². The zero-order chi connectivity index (χ0) is 17.5. The molecule has 1 aliphatic rings. The van der Waals surface area contributed by atoms with Gasteiger partial charge in [0.25, 0.3) is 0 Å². The molecule has 0 atom stereocenters. The van der Waals surface area contributed by atoms with E-state index in [0.29, 0.717) is 5.69 Å². The first-order chi connectivity index (χ1) is 11.5. The largest absolute Gasteiger partial charge is 0.493 e. The summed E-state index contributed by atoms with van der Waals surface area (Å²) in [6, 6.07) is 4.78. The summed E-state index contributed by atoms with van der Waals surface area (Å²) < 4.78 is 34.2. The Kier molecular flexibility index (Phi) is 6.63. The molecule has 1 saturated carbocycles. The maximum absolute atomic E-state index is 12.4. The summed E-state index contributed by atoms with van der Waals surface area (Å²) in [7, 11) is 1.37. The Hall–Kier alpha value is -2.05. The average Bonchev–Trinajstić information content (AvgIpc) is 2.55. The molecule has 1 fully saturated rings. The molecule has 0 heterocycles. The van der Waals surface area contributed by atoms with Crippen LogP contribution in [0.1, 0.15) is 32.6 Å². The van der Waals surface area contributed by atoms with E-state index >= 15 is 0 Å². The van der Waals surface area contributed by atoms with E-state index in [2.05, 4.69) is 22.3 Å². The summed E-state index contributed by atoms with van der Waals surface area (Å²) in [6.07, 6.45) is 4.26. The molecule has 2 N–H and O–H groups in total. The molecule has 0 unspecified atom stereocenters. The van der Waals surface area contributed by atoms with Crippen LogP contribution >= 0.6 is 0 Å². The minimum Gasteiger partial charge on any atom is -0.493 e. The van der Waals surface area contributed by atoms with Crippen LogP contribution < -0.4 is 20.1 Å². The zero-order valence-electron chi connectivity index (χ0n) is 14.0. The second-order valence-corrected chi connectivity index (χ2v) is 6.12. The predicted molar refractivity (Wildman–Crippen MR) is 87.7 cm³/mol. The molecule has 0 aliphatic heterocycles. The fourth-order valence-electron chi connectivity index (χ4n) is 2.84. The molecule has 0 bridgehead atoms. The number of nitrogens with one attached hydrogen (secondary N) is 2. The van der Waals surface area contributed by atoms with Crippen molar-refractivity contribution in [3.63, 3.8) is 0 Å². The topological polar surface area (TPSA) is 59.6 Å². The number of ether oxygens (including phenoxy) is 2. The van der Waals surface area contributed by atoms with Gasteiger partial charge in [0.15, 0.2) is 11.5 Å². The molecule has 1 aromatic carbocycles. The number of amides is 1. The van der Waals surface area contributed by atoms with Gasteiger partial charge in [-0.1, -0.05) is 6.92 Å². The normalized spacial score (nSPS) is 20.5. The van der Waals surface area contributed by atoms with Gasteiger partial charge < -0.3 is 20.1 Å². The molecular formula is C17H24F2N2O3. The van der Waals surface area contributed by atoms with Crippen molar-refractivity contribution >= 4 is 11.6 Å². The minimum atomic E-state index is -2.94. The van der Waals surface area contributed by atoms with E-state index in [4.69, 9.17) is 4.74 Å². The van der Waals surface area contributed by atoms with E-state index in [1.807, 2.05) is 0 Å². The third kappa shape index (κ3) is 5.54. The van der Waals surface area contributed by atoms with Crippen molar-refractivity contribution in [3.8, 4) is 11.5 Å². The minimum absolute atomic E-state index is 0.0702. The lowest BCUT2D eigenvalue weighted by atomic mass is 9.87. The lowest BCUT2D eigenvalue weighted by molar-refractivity contribution is -0.120. The van der Waals surface area contributed by atoms with E-state index in [-0.39, 0.29) is 30.0 Å². The van der Waals surface area contributed by atoms with Crippen molar-refractivity contribution in [2.45, 2.75) is 45.3 Å².